The highest BCUT2D eigenvalue weighted by Gasteiger charge is 2.22. The first-order valence-corrected chi connectivity index (χ1v) is 6.99. The molecule has 0 aliphatic carbocycles. The highest BCUT2D eigenvalue weighted by atomic mass is 16.4. The van der Waals surface area contributed by atoms with Gasteiger partial charge in [0.2, 0.25) is 5.89 Å². The molecule has 0 fully saturated rings. The van der Waals surface area contributed by atoms with Crippen molar-refractivity contribution < 1.29 is 19.1 Å². The minimum absolute atomic E-state index is 0.112. The van der Waals surface area contributed by atoms with Crippen molar-refractivity contribution >= 4 is 11.9 Å². The Labute approximate surface area is 128 Å². The lowest BCUT2D eigenvalue weighted by Crippen LogP contribution is -2.38. The van der Waals surface area contributed by atoms with E-state index in [2.05, 4.69) is 4.98 Å². The van der Waals surface area contributed by atoms with E-state index < -0.39 is 11.9 Å². The second-order valence-electron chi connectivity index (χ2n) is 5.38. The van der Waals surface area contributed by atoms with E-state index in [-0.39, 0.29) is 18.2 Å². The van der Waals surface area contributed by atoms with Crippen molar-refractivity contribution in [1.29, 1.82) is 0 Å². The molecule has 0 unspecified atom stereocenters. The second kappa shape index (κ2) is 6.89. The van der Waals surface area contributed by atoms with Gasteiger partial charge in [0.15, 0.2) is 5.69 Å². The summed E-state index contributed by atoms with van der Waals surface area (Å²) in [4.78, 5) is 28.7. The Hall–Kier alpha value is -2.63. The Balaban J connectivity index is 2.20. The first-order valence-electron chi connectivity index (χ1n) is 6.99. The van der Waals surface area contributed by atoms with Gasteiger partial charge in [-0.3, -0.25) is 9.59 Å². The second-order valence-corrected chi connectivity index (χ2v) is 5.38. The summed E-state index contributed by atoms with van der Waals surface area (Å²) in [7, 11) is 0. The third-order valence-electron chi connectivity index (χ3n) is 2.94. The zero-order valence-electron chi connectivity index (χ0n) is 12.5. The molecule has 6 heteroatoms. The lowest BCUT2D eigenvalue weighted by molar-refractivity contribution is -0.137. The number of aromatic nitrogens is 1. The molecule has 1 aromatic carbocycles. The molecular weight excluding hydrogens is 284 g/mol. The van der Waals surface area contributed by atoms with Gasteiger partial charge in [0.25, 0.3) is 5.91 Å². The van der Waals surface area contributed by atoms with Crippen molar-refractivity contribution in [1.82, 2.24) is 9.88 Å². The summed E-state index contributed by atoms with van der Waals surface area (Å²) in [6, 6.07) is 9.20. The van der Waals surface area contributed by atoms with Gasteiger partial charge in [-0.25, -0.2) is 4.98 Å². The first kappa shape index (κ1) is 15.8. The normalized spacial score (nSPS) is 10.7. The van der Waals surface area contributed by atoms with Crippen LogP contribution < -0.4 is 0 Å². The van der Waals surface area contributed by atoms with E-state index in [0.717, 1.165) is 5.56 Å². The lowest BCUT2D eigenvalue weighted by atomic mass is 10.2. The largest absolute Gasteiger partial charge is 0.480 e. The molecule has 1 amide bonds. The number of rotatable bonds is 6. The molecule has 0 aliphatic heterocycles. The van der Waals surface area contributed by atoms with E-state index in [9.17, 15) is 9.59 Å². The van der Waals surface area contributed by atoms with Crippen LogP contribution in [0.4, 0.5) is 0 Å². The summed E-state index contributed by atoms with van der Waals surface area (Å²) in [5.41, 5.74) is 0.871. The third-order valence-corrected chi connectivity index (χ3v) is 2.94. The lowest BCUT2D eigenvalue weighted by Gasteiger charge is -2.21. The molecular formula is C16H18N2O4. The number of hydrogen-bond donors (Lipinski definition) is 1. The molecule has 1 N–H and O–H groups in total. The number of oxazole rings is 1. The number of amides is 1. The average Bonchev–Trinajstić information content (AvgIpc) is 2.95. The molecule has 0 aliphatic rings. The number of aliphatic carboxylic acids is 1. The van der Waals surface area contributed by atoms with Gasteiger partial charge >= 0.3 is 5.97 Å². The van der Waals surface area contributed by atoms with Crippen molar-refractivity contribution in [3.8, 4) is 11.5 Å². The predicted molar refractivity (Wildman–Crippen MR) is 80.3 cm³/mol. The average molecular weight is 302 g/mol. The Morgan fingerprint density at radius 2 is 1.95 bits per heavy atom. The van der Waals surface area contributed by atoms with E-state index in [1.165, 1.54) is 11.2 Å². The standard InChI is InChI=1S/C16H18N2O4/c1-11(2)8-18(9-14(19)20)16(21)13-10-22-15(17-13)12-6-4-3-5-7-12/h3-7,10-11H,8-9H2,1-2H3,(H,19,20). The third kappa shape index (κ3) is 3.94. The van der Waals surface area contributed by atoms with Crippen molar-refractivity contribution in [2.45, 2.75) is 13.8 Å². The van der Waals surface area contributed by atoms with Gasteiger partial charge in [0.1, 0.15) is 12.8 Å². The van der Waals surface area contributed by atoms with Crippen molar-refractivity contribution in [2.24, 2.45) is 5.92 Å². The number of carboxylic acids is 1. The molecule has 1 heterocycles. The summed E-state index contributed by atoms with van der Waals surface area (Å²) in [5, 5.41) is 8.94. The summed E-state index contributed by atoms with van der Waals surface area (Å²) in [5.74, 6) is -1.00. The van der Waals surface area contributed by atoms with Gasteiger partial charge in [-0.2, -0.15) is 0 Å². The molecule has 2 rings (SSSR count). The maximum atomic E-state index is 12.4. The quantitative estimate of drug-likeness (QED) is 0.886. The zero-order chi connectivity index (χ0) is 16.1. The van der Waals surface area contributed by atoms with E-state index in [1.54, 1.807) is 0 Å². The SMILES string of the molecule is CC(C)CN(CC(=O)O)C(=O)c1coc(-c2ccccc2)n1. The molecule has 0 spiro atoms. The minimum Gasteiger partial charge on any atom is -0.480 e. The summed E-state index contributed by atoms with van der Waals surface area (Å²) >= 11 is 0. The fourth-order valence-corrected chi connectivity index (χ4v) is 2.07. The Morgan fingerprint density at radius 1 is 1.27 bits per heavy atom. The number of nitrogens with zero attached hydrogens (tertiary/aromatic N) is 2. The molecule has 2 aromatic rings. The Kier molecular flexibility index (Phi) is 4.93. The van der Waals surface area contributed by atoms with Crippen molar-refractivity contribution in [3.05, 3.63) is 42.3 Å². The highest BCUT2D eigenvalue weighted by Crippen LogP contribution is 2.19. The summed E-state index contributed by atoms with van der Waals surface area (Å²) < 4.78 is 5.33. The molecule has 0 radical (unpaired) electrons. The van der Waals surface area contributed by atoms with Crippen LogP contribution in [0.2, 0.25) is 0 Å². The molecule has 0 atom stereocenters. The minimum atomic E-state index is -1.05. The molecule has 0 saturated carbocycles. The van der Waals surface area contributed by atoms with Crippen LogP contribution in [0, 0.1) is 5.92 Å². The van der Waals surface area contributed by atoms with Gasteiger partial charge in [-0.05, 0) is 18.1 Å². The van der Waals surface area contributed by atoms with Gasteiger partial charge in [-0.15, -0.1) is 0 Å². The molecule has 1 aromatic heterocycles. The number of carboxylic acid groups (broad SMARTS) is 1. The van der Waals surface area contributed by atoms with Crippen LogP contribution in [-0.2, 0) is 4.79 Å². The van der Waals surface area contributed by atoms with Crippen LogP contribution in [0.25, 0.3) is 11.5 Å². The smallest absolute Gasteiger partial charge is 0.323 e. The van der Waals surface area contributed by atoms with E-state index in [1.807, 2.05) is 44.2 Å². The zero-order valence-corrected chi connectivity index (χ0v) is 12.5. The van der Waals surface area contributed by atoms with Crippen LogP contribution in [0.15, 0.2) is 41.0 Å². The molecule has 0 bridgehead atoms. The van der Waals surface area contributed by atoms with Gasteiger partial charge in [0.05, 0.1) is 0 Å². The maximum absolute atomic E-state index is 12.4. The maximum Gasteiger partial charge on any atom is 0.323 e. The topological polar surface area (TPSA) is 83.6 Å². The molecule has 116 valence electrons. The van der Waals surface area contributed by atoms with Crippen LogP contribution >= 0.6 is 0 Å². The van der Waals surface area contributed by atoms with Crippen molar-refractivity contribution in [2.75, 3.05) is 13.1 Å². The number of carbonyl (C=O) groups excluding carboxylic acids is 1. The monoisotopic (exact) mass is 302 g/mol. The molecule has 0 saturated heterocycles. The van der Waals surface area contributed by atoms with E-state index >= 15 is 0 Å². The fourth-order valence-electron chi connectivity index (χ4n) is 2.07. The van der Waals surface area contributed by atoms with Crippen molar-refractivity contribution in [3.63, 3.8) is 0 Å². The van der Waals surface area contributed by atoms with Gasteiger partial charge < -0.3 is 14.4 Å². The van der Waals surface area contributed by atoms with E-state index in [0.29, 0.717) is 12.4 Å². The predicted octanol–water partition coefficient (Wildman–Crippen LogP) is 2.52. The van der Waals surface area contributed by atoms with Crippen LogP contribution in [0.1, 0.15) is 24.3 Å². The van der Waals surface area contributed by atoms with Gasteiger partial charge in [0, 0.05) is 12.1 Å². The van der Waals surface area contributed by atoms with Crippen LogP contribution in [-0.4, -0.2) is 40.0 Å². The highest BCUT2D eigenvalue weighted by molar-refractivity contribution is 5.94. The Morgan fingerprint density at radius 3 is 2.55 bits per heavy atom. The van der Waals surface area contributed by atoms with E-state index in [4.69, 9.17) is 9.52 Å². The van der Waals surface area contributed by atoms with Crippen LogP contribution in [0.5, 0.6) is 0 Å². The molecule has 6 nitrogen and oxygen atoms in total. The summed E-state index contributed by atoms with van der Waals surface area (Å²) in [6.45, 7) is 3.82. The number of benzene rings is 1. The van der Waals surface area contributed by atoms with Gasteiger partial charge in [-0.1, -0.05) is 32.0 Å². The number of carbonyl (C=O) groups is 2. The summed E-state index contributed by atoms with van der Waals surface area (Å²) in [6.07, 6.45) is 1.26. The first-order chi connectivity index (χ1) is 10.5. The fraction of sp³-hybridized carbons (Fsp3) is 0.312. The Bertz CT molecular complexity index is 649. The van der Waals surface area contributed by atoms with Crippen LogP contribution in [0.3, 0.4) is 0 Å². The molecule has 22 heavy (non-hydrogen) atoms. The number of hydrogen-bond acceptors (Lipinski definition) is 4.